The molecule has 0 aliphatic carbocycles. The van der Waals surface area contributed by atoms with Gasteiger partial charge in [-0.1, -0.05) is 15.9 Å². The fraction of sp³-hybridized carbons (Fsp3) is 0.235. The van der Waals surface area contributed by atoms with Gasteiger partial charge in [0.25, 0.3) is 0 Å². The fourth-order valence-corrected chi connectivity index (χ4v) is 4.38. The standard InChI is InChI=1S/C17H16BrN5OS/c1-10-13(7-20-22(10)2)16-15-17(21-14(24)8-25-16)19-9-23(15)12-5-3-11(18)4-6-12/h3-7,9,16H,8H2,1-2H3,(H,21,24)/t16-/m0/s1. The molecule has 1 amide bonds. The number of hydrogen-bond acceptors (Lipinski definition) is 4. The summed E-state index contributed by atoms with van der Waals surface area (Å²) in [5, 5.41) is 7.28. The van der Waals surface area contributed by atoms with E-state index in [0.717, 1.165) is 27.1 Å². The third-order valence-corrected chi connectivity index (χ3v) is 6.12. The molecule has 1 atom stereocenters. The topological polar surface area (TPSA) is 64.7 Å². The first kappa shape index (κ1) is 16.4. The summed E-state index contributed by atoms with van der Waals surface area (Å²) in [4.78, 5) is 16.6. The predicted octanol–water partition coefficient (Wildman–Crippen LogP) is 3.45. The summed E-state index contributed by atoms with van der Waals surface area (Å²) in [6, 6.07) is 8.04. The van der Waals surface area contributed by atoms with Crippen molar-refractivity contribution in [2.45, 2.75) is 12.2 Å². The zero-order valence-electron chi connectivity index (χ0n) is 13.7. The molecule has 1 aromatic carbocycles. The molecule has 0 saturated carbocycles. The molecule has 0 unspecified atom stereocenters. The molecule has 4 rings (SSSR count). The number of halogens is 1. The number of aromatic nitrogens is 4. The van der Waals surface area contributed by atoms with E-state index >= 15 is 0 Å². The first-order valence-corrected chi connectivity index (χ1v) is 9.62. The first-order valence-electron chi connectivity index (χ1n) is 7.77. The van der Waals surface area contributed by atoms with E-state index in [1.54, 1.807) is 18.1 Å². The minimum Gasteiger partial charge on any atom is -0.308 e. The Bertz CT molecular complexity index is 947. The van der Waals surface area contributed by atoms with Gasteiger partial charge >= 0.3 is 0 Å². The van der Waals surface area contributed by atoms with Gasteiger partial charge in [-0.05, 0) is 31.2 Å². The van der Waals surface area contributed by atoms with Gasteiger partial charge < -0.3 is 5.32 Å². The number of thioether (sulfide) groups is 1. The number of anilines is 1. The zero-order valence-corrected chi connectivity index (χ0v) is 16.1. The molecular weight excluding hydrogens is 402 g/mol. The van der Waals surface area contributed by atoms with Gasteiger partial charge in [-0.15, -0.1) is 11.8 Å². The second kappa shape index (κ2) is 6.34. The number of aryl methyl sites for hydroxylation is 1. The van der Waals surface area contributed by atoms with E-state index in [1.165, 1.54) is 0 Å². The van der Waals surface area contributed by atoms with Crippen molar-refractivity contribution >= 4 is 39.4 Å². The van der Waals surface area contributed by atoms with Crippen LogP contribution < -0.4 is 5.32 Å². The number of rotatable bonds is 2. The monoisotopic (exact) mass is 417 g/mol. The quantitative estimate of drug-likeness (QED) is 0.693. The molecule has 1 aliphatic heterocycles. The van der Waals surface area contributed by atoms with E-state index in [-0.39, 0.29) is 11.2 Å². The van der Waals surface area contributed by atoms with Crippen molar-refractivity contribution in [2.75, 3.05) is 11.1 Å². The number of carbonyl (C=O) groups is 1. The minimum absolute atomic E-state index is 0.0196. The maximum Gasteiger partial charge on any atom is 0.235 e. The summed E-state index contributed by atoms with van der Waals surface area (Å²) >= 11 is 5.06. The lowest BCUT2D eigenvalue weighted by molar-refractivity contribution is -0.113. The summed E-state index contributed by atoms with van der Waals surface area (Å²) in [6.07, 6.45) is 3.64. The molecule has 0 radical (unpaired) electrons. The third kappa shape index (κ3) is 2.89. The van der Waals surface area contributed by atoms with E-state index in [0.29, 0.717) is 11.6 Å². The zero-order chi connectivity index (χ0) is 17.6. The summed E-state index contributed by atoms with van der Waals surface area (Å²) in [5.41, 5.74) is 4.15. The Hall–Kier alpha value is -2.06. The van der Waals surface area contributed by atoms with E-state index in [1.807, 2.05) is 53.7 Å². The van der Waals surface area contributed by atoms with Crippen LogP contribution >= 0.6 is 27.7 Å². The van der Waals surface area contributed by atoms with Crippen LogP contribution in [0.2, 0.25) is 0 Å². The highest BCUT2D eigenvalue weighted by molar-refractivity contribution is 9.10. The Labute approximate surface area is 157 Å². The summed E-state index contributed by atoms with van der Waals surface area (Å²) in [5.74, 6) is 0.970. The van der Waals surface area contributed by atoms with Crippen molar-refractivity contribution in [3.8, 4) is 5.69 Å². The van der Waals surface area contributed by atoms with Crippen LogP contribution in [0.25, 0.3) is 5.69 Å². The van der Waals surface area contributed by atoms with Crippen LogP contribution in [-0.2, 0) is 11.8 Å². The molecule has 25 heavy (non-hydrogen) atoms. The van der Waals surface area contributed by atoms with Gasteiger partial charge in [-0.3, -0.25) is 14.0 Å². The van der Waals surface area contributed by atoms with E-state index in [9.17, 15) is 4.79 Å². The molecule has 0 fully saturated rings. The smallest absolute Gasteiger partial charge is 0.235 e. The van der Waals surface area contributed by atoms with Crippen LogP contribution in [0, 0.1) is 6.92 Å². The second-order valence-electron chi connectivity index (χ2n) is 5.87. The van der Waals surface area contributed by atoms with Gasteiger partial charge in [-0.2, -0.15) is 5.10 Å². The number of nitrogens with one attached hydrogen (secondary N) is 1. The van der Waals surface area contributed by atoms with E-state index in [2.05, 4.69) is 31.3 Å². The van der Waals surface area contributed by atoms with Gasteiger partial charge in [0.1, 0.15) is 6.33 Å². The molecule has 3 heterocycles. The molecule has 6 nitrogen and oxygen atoms in total. The largest absolute Gasteiger partial charge is 0.308 e. The molecule has 1 aliphatic rings. The second-order valence-corrected chi connectivity index (χ2v) is 7.88. The Morgan fingerprint density at radius 2 is 2.08 bits per heavy atom. The van der Waals surface area contributed by atoms with Gasteiger partial charge in [0.05, 0.1) is 22.9 Å². The molecular formula is C17H16BrN5OS. The molecule has 2 aromatic heterocycles. The van der Waals surface area contributed by atoms with Crippen LogP contribution in [0.15, 0.2) is 41.3 Å². The molecule has 3 aromatic rings. The van der Waals surface area contributed by atoms with Crippen LogP contribution in [0.3, 0.4) is 0 Å². The Balaban J connectivity index is 1.89. The maximum atomic E-state index is 12.1. The third-order valence-electron chi connectivity index (χ3n) is 4.35. The van der Waals surface area contributed by atoms with Crippen LogP contribution in [-0.4, -0.2) is 31.0 Å². The number of amides is 1. The first-order chi connectivity index (χ1) is 12.0. The average molecular weight is 418 g/mol. The van der Waals surface area contributed by atoms with Crippen molar-refractivity contribution in [1.29, 1.82) is 0 Å². The number of hydrogen-bond donors (Lipinski definition) is 1. The van der Waals surface area contributed by atoms with Gasteiger partial charge in [0.15, 0.2) is 5.82 Å². The lowest BCUT2D eigenvalue weighted by atomic mass is 10.1. The van der Waals surface area contributed by atoms with Gasteiger partial charge in [-0.25, -0.2) is 4.98 Å². The Morgan fingerprint density at radius 1 is 1.32 bits per heavy atom. The summed E-state index contributed by atoms with van der Waals surface area (Å²) < 4.78 is 4.91. The van der Waals surface area contributed by atoms with Crippen molar-refractivity contribution in [2.24, 2.45) is 7.05 Å². The SMILES string of the molecule is Cc1c([C@@H]2SCC(=O)Nc3ncn(-c4ccc(Br)cc4)c32)cnn1C. The predicted molar refractivity (Wildman–Crippen MR) is 102 cm³/mol. The number of fused-ring (bicyclic) bond motifs is 1. The average Bonchev–Trinajstić information content (AvgIpc) is 3.10. The molecule has 0 spiro atoms. The summed E-state index contributed by atoms with van der Waals surface area (Å²) in [6.45, 7) is 2.04. The highest BCUT2D eigenvalue weighted by atomic mass is 79.9. The molecule has 8 heteroatoms. The van der Waals surface area contributed by atoms with Crippen LogP contribution in [0.5, 0.6) is 0 Å². The Morgan fingerprint density at radius 3 is 2.76 bits per heavy atom. The van der Waals surface area contributed by atoms with Crippen molar-refractivity contribution in [1.82, 2.24) is 19.3 Å². The fourth-order valence-electron chi connectivity index (χ4n) is 2.93. The van der Waals surface area contributed by atoms with Crippen molar-refractivity contribution in [3.63, 3.8) is 0 Å². The molecule has 0 bridgehead atoms. The number of nitrogens with zero attached hydrogens (tertiary/aromatic N) is 4. The number of carbonyl (C=O) groups excluding carboxylic acids is 1. The van der Waals surface area contributed by atoms with Crippen LogP contribution in [0.1, 0.15) is 22.2 Å². The normalized spacial score (nSPS) is 17.1. The lowest BCUT2D eigenvalue weighted by Crippen LogP contribution is -2.12. The molecule has 0 saturated heterocycles. The number of imidazole rings is 1. The van der Waals surface area contributed by atoms with Gasteiger partial charge in [0, 0.05) is 28.5 Å². The van der Waals surface area contributed by atoms with Crippen molar-refractivity contribution in [3.05, 3.63) is 58.2 Å². The van der Waals surface area contributed by atoms with Crippen LogP contribution in [0.4, 0.5) is 5.82 Å². The van der Waals surface area contributed by atoms with E-state index < -0.39 is 0 Å². The highest BCUT2D eigenvalue weighted by Crippen LogP contribution is 2.42. The lowest BCUT2D eigenvalue weighted by Gasteiger charge is -2.17. The number of benzene rings is 1. The highest BCUT2D eigenvalue weighted by Gasteiger charge is 2.31. The molecule has 1 N–H and O–H groups in total. The van der Waals surface area contributed by atoms with Crippen molar-refractivity contribution < 1.29 is 4.79 Å². The van der Waals surface area contributed by atoms with E-state index in [4.69, 9.17) is 0 Å². The molecule has 128 valence electrons. The summed E-state index contributed by atoms with van der Waals surface area (Å²) in [7, 11) is 1.93. The minimum atomic E-state index is -0.0312. The maximum absolute atomic E-state index is 12.1. The van der Waals surface area contributed by atoms with Gasteiger partial charge in [0.2, 0.25) is 5.91 Å². The Kier molecular flexibility index (Phi) is 4.16.